The van der Waals surface area contributed by atoms with Crippen molar-refractivity contribution in [2.75, 3.05) is 19.7 Å². The number of benzene rings is 3. The number of hydrogen-bond acceptors (Lipinski definition) is 5. The van der Waals surface area contributed by atoms with Crippen molar-refractivity contribution < 1.29 is 9.53 Å². The summed E-state index contributed by atoms with van der Waals surface area (Å²) in [6.45, 7) is 6.57. The highest BCUT2D eigenvalue weighted by molar-refractivity contribution is 5.82. The van der Waals surface area contributed by atoms with Gasteiger partial charge < -0.3 is 4.74 Å². The topological polar surface area (TPSA) is 64.4 Å². The van der Waals surface area contributed by atoms with Crippen molar-refractivity contribution >= 4 is 16.9 Å². The van der Waals surface area contributed by atoms with Gasteiger partial charge in [-0.15, -0.1) is 0 Å². The van der Waals surface area contributed by atoms with Gasteiger partial charge in [-0.3, -0.25) is 19.1 Å². The van der Waals surface area contributed by atoms with Crippen LogP contribution in [0.1, 0.15) is 37.3 Å². The minimum absolute atomic E-state index is 0.0153. The lowest BCUT2D eigenvalue weighted by molar-refractivity contribution is -0.145. The van der Waals surface area contributed by atoms with Gasteiger partial charge in [0.1, 0.15) is 12.5 Å². The summed E-state index contributed by atoms with van der Waals surface area (Å²) in [6.07, 6.45) is 2.42. The number of carbonyl (C=O) groups is 1. The van der Waals surface area contributed by atoms with Gasteiger partial charge in [0, 0.05) is 25.7 Å². The van der Waals surface area contributed by atoms with Crippen LogP contribution in [-0.4, -0.2) is 46.2 Å². The second-order valence-corrected chi connectivity index (χ2v) is 9.17. The van der Waals surface area contributed by atoms with Gasteiger partial charge in [-0.25, -0.2) is 4.98 Å². The highest BCUT2D eigenvalue weighted by Crippen LogP contribution is 2.26. The number of carbonyl (C=O) groups excluding carboxylic acids is 1. The van der Waals surface area contributed by atoms with Crippen molar-refractivity contribution in [2.24, 2.45) is 0 Å². The largest absolute Gasteiger partial charge is 0.464 e. The normalized spacial score (nSPS) is 11.5. The Kier molecular flexibility index (Phi) is 8.63. The lowest BCUT2D eigenvalue weighted by Crippen LogP contribution is -2.36. The third kappa shape index (κ3) is 6.26. The predicted octanol–water partition coefficient (Wildman–Crippen LogP) is 4.87. The molecule has 36 heavy (non-hydrogen) atoms. The van der Waals surface area contributed by atoms with Gasteiger partial charge in [-0.1, -0.05) is 72.8 Å². The minimum atomic E-state index is -0.452. The van der Waals surface area contributed by atoms with Gasteiger partial charge in [0.15, 0.2) is 0 Å². The van der Waals surface area contributed by atoms with Crippen molar-refractivity contribution in [1.29, 1.82) is 0 Å². The van der Waals surface area contributed by atoms with Crippen LogP contribution >= 0.6 is 0 Å². The van der Waals surface area contributed by atoms with Gasteiger partial charge in [-0.05, 0) is 43.5 Å². The van der Waals surface area contributed by atoms with E-state index in [0.717, 1.165) is 24.1 Å². The number of nitrogens with zero attached hydrogens (tertiary/aromatic N) is 3. The molecule has 1 aromatic heterocycles. The molecular weight excluding hydrogens is 450 g/mol. The molecular formula is C30H33N3O3. The van der Waals surface area contributed by atoms with E-state index in [0.29, 0.717) is 30.6 Å². The quantitative estimate of drug-likeness (QED) is 0.285. The number of aryl methyl sites for hydroxylation is 1. The molecule has 0 N–H and O–H groups in total. The van der Waals surface area contributed by atoms with E-state index >= 15 is 0 Å². The summed E-state index contributed by atoms with van der Waals surface area (Å²) in [6, 6.07) is 27.2. The Balaban J connectivity index is 1.34. The molecule has 0 bridgehead atoms. The first-order valence-electron chi connectivity index (χ1n) is 12.5. The highest BCUT2D eigenvalue weighted by Gasteiger charge is 2.24. The Bertz CT molecular complexity index is 1280. The van der Waals surface area contributed by atoms with Crippen LogP contribution < -0.4 is 5.56 Å². The molecule has 0 atom stereocenters. The monoisotopic (exact) mass is 483 g/mol. The second kappa shape index (κ2) is 12.3. The van der Waals surface area contributed by atoms with Crippen LogP contribution in [0.2, 0.25) is 0 Å². The molecule has 0 radical (unpaired) electrons. The van der Waals surface area contributed by atoms with E-state index in [1.807, 2.05) is 84.9 Å². The first-order valence-corrected chi connectivity index (χ1v) is 12.5. The zero-order chi connectivity index (χ0) is 25.3. The van der Waals surface area contributed by atoms with Crippen molar-refractivity contribution in [3.8, 4) is 0 Å². The molecule has 186 valence electrons. The number of ether oxygens (including phenoxy) is 1. The predicted molar refractivity (Wildman–Crippen MR) is 143 cm³/mol. The molecule has 6 heteroatoms. The number of hydrogen-bond donors (Lipinski definition) is 0. The van der Waals surface area contributed by atoms with E-state index in [-0.39, 0.29) is 17.6 Å². The summed E-state index contributed by atoms with van der Waals surface area (Å²) in [5, 5.41) is 0.638. The van der Waals surface area contributed by atoms with Crippen LogP contribution in [0.15, 0.2) is 96.1 Å². The molecule has 0 aliphatic carbocycles. The molecule has 4 aromatic rings. The molecule has 0 fully saturated rings. The van der Waals surface area contributed by atoms with E-state index in [9.17, 15) is 9.59 Å². The average molecular weight is 484 g/mol. The Morgan fingerprint density at radius 3 is 2.14 bits per heavy atom. The molecule has 0 amide bonds. The van der Waals surface area contributed by atoms with Crippen LogP contribution in [0, 0.1) is 0 Å². The van der Waals surface area contributed by atoms with E-state index in [4.69, 9.17) is 4.74 Å². The summed E-state index contributed by atoms with van der Waals surface area (Å²) in [4.78, 5) is 32.6. The van der Waals surface area contributed by atoms with Crippen LogP contribution in [0.5, 0.6) is 0 Å². The lowest BCUT2D eigenvalue weighted by Gasteiger charge is -2.26. The smallest absolute Gasteiger partial charge is 0.317 e. The van der Waals surface area contributed by atoms with Gasteiger partial charge in [-0.2, -0.15) is 0 Å². The van der Waals surface area contributed by atoms with E-state index < -0.39 is 5.92 Å². The molecule has 3 aromatic carbocycles. The summed E-state index contributed by atoms with van der Waals surface area (Å²) in [5.41, 5.74) is 2.54. The third-order valence-electron chi connectivity index (χ3n) is 6.43. The number of para-hydroxylation sites is 1. The lowest BCUT2D eigenvalue weighted by atomic mass is 9.91. The Morgan fingerprint density at radius 1 is 0.889 bits per heavy atom. The molecule has 0 aliphatic rings. The minimum Gasteiger partial charge on any atom is -0.464 e. The Labute approximate surface area is 212 Å². The SMILES string of the molecule is CC(C)N(CCCn1cnc2ccccc2c1=O)CCOC(=O)C(c1ccccc1)c1ccccc1. The standard InChI is InChI=1S/C30H33N3O3/c1-23(2)32(18-11-19-33-22-31-27-17-10-9-16-26(27)29(33)34)20-21-36-30(35)28(24-12-5-3-6-13-24)25-14-7-4-8-15-25/h3-10,12-17,22-23,28H,11,18-21H2,1-2H3. The van der Waals surface area contributed by atoms with Crippen LogP contribution in [0.3, 0.4) is 0 Å². The molecule has 0 spiro atoms. The zero-order valence-electron chi connectivity index (χ0n) is 20.9. The van der Waals surface area contributed by atoms with Crippen molar-refractivity contribution in [3.05, 3.63) is 113 Å². The van der Waals surface area contributed by atoms with Gasteiger partial charge in [0.2, 0.25) is 0 Å². The fourth-order valence-corrected chi connectivity index (χ4v) is 4.44. The molecule has 4 rings (SSSR count). The molecule has 0 saturated carbocycles. The first-order chi connectivity index (χ1) is 17.5. The maximum Gasteiger partial charge on any atom is 0.317 e. The van der Waals surface area contributed by atoms with E-state index in [2.05, 4.69) is 23.7 Å². The average Bonchev–Trinajstić information content (AvgIpc) is 2.90. The highest BCUT2D eigenvalue weighted by atomic mass is 16.5. The van der Waals surface area contributed by atoms with Crippen LogP contribution in [0.25, 0.3) is 10.9 Å². The van der Waals surface area contributed by atoms with Gasteiger partial charge in [0.05, 0.1) is 17.2 Å². The van der Waals surface area contributed by atoms with Crippen molar-refractivity contribution in [2.45, 2.75) is 38.8 Å². The van der Waals surface area contributed by atoms with Crippen LogP contribution in [-0.2, 0) is 16.1 Å². The van der Waals surface area contributed by atoms with Crippen molar-refractivity contribution in [1.82, 2.24) is 14.5 Å². The molecule has 0 unspecified atom stereocenters. The third-order valence-corrected chi connectivity index (χ3v) is 6.43. The van der Waals surface area contributed by atoms with E-state index in [1.165, 1.54) is 0 Å². The molecule has 6 nitrogen and oxygen atoms in total. The fraction of sp³-hybridized carbons (Fsp3) is 0.300. The second-order valence-electron chi connectivity index (χ2n) is 9.17. The maximum atomic E-state index is 13.2. The Morgan fingerprint density at radius 2 is 1.50 bits per heavy atom. The van der Waals surface area contributed by atoms with Gasteiger partial charge >= 0.3 is 5.97 Å². The fourth-order valence-electron chi connectivity index (χ4n) is 4.44. The summed E-state index contributed by atoms with van der Waals surface area (Å²) >= 11 is 0. The number of fused-ring (bicyclic) bond motifs is 1. The maximum absolute atomic E-state index is 13.2. The molecule has 0 saturated heterocycles. The van der Waals surface area contributed by atoms with E-state index in [1.54, 1.807) is 10.9 Å². The summed E-state index contributed by atoms with van der Waals surface area (Å²) in [5.74, 6) is -0.697. The van der Waals surface area contributed by atoms with Crippen molar-refractivity contribution in [3.63, 3.8) is 0 Å². The number of rotatable bonds is 11. The first kappa shape index (κ1) is 25.3. The van der Waals surface area contributed by atoms with Gasteiger partial charge in [0.25, 0.3) is 5.56 Å². The summed E-state index contributed by atoms with van der Waals surface area (Å²) in [7, 11) is 0. The molecule has 1 heterocycles. The summed E-state index contributed by atoms with van der Waals surface area (Å²) < 4.78 is 7.45. The molecule has 0 aliphatic heterocycles. The van der Waals surface area contributed by atoms with Crippen LogP contribution in [0.4, 0.5) is 0 Å². The Hall–Kier alpha value is -3.77. The number of esters is 1. The zero-order valence-corrected chi connectivity index (χ0v) is 20.9. The number of aromatic nitrogens is 2.